The van der Waals surface area contributed by atoms with Crippen molar-refractivity contribution in [3.8, 4) is 0 Å². The van der Waals surface area contributed by atoms with Gasteiger partial charge in [-0.15, -0.1) is 0 Å². The largest absolute Gasteiger partial charge is 0.459 e. The Morgan fingerprint density at radius 3 is 2.70 bits per heavy atom. The van der Waals surface area contributed by atoms with Crippen molar-refractivity contribution >= 4 is 28.5 Å². The van der Waals surface area contributed by atoms with E-state index in [1.807, 2.05) is 13.0 Å². The fourth-order valence-electron chi connectivity index (χ4n) is 3.18. The number of aliphatic hydroxyl groups excluding tert-OH is 1. The zero-order valence-corrected chi connectivity index (χ0v) is 18.0. The number of hydrogen-bond donors (Lipinski definition) is 2. The summed E-state index contributed by atoms with van der Waals surface area (Å²) in [5, 5.41) is 12.1. The predicted octanol–water partition coefficient (Wildman–Crippen LogP) is 2.80. The lowest BCUT2D eigenvalue weighted by Gasteiger charge is -2.37. The Morgan fingerprint density at radius 1 is 1.33 bits per heavy atom. The van der Waals surface area contributed by atoms with Gasteiger partial charge in [0.25, 0.3) is 5.91 Å². The molecule has 0 fully saturated rings. The van der Waals surface area contributed by atoms with Gasteiger partial charge in [0.05, 0.1) is 6.61 Å². The number of benzene rings is 1. The lowest BCUT2D eigenvalue weighted by molar-refractivity contribution is -0.166. The molecule has 0 bridgehead atoms. The quantitative estimate of drug-likeness (QED) is 0.391. The maximum atomic E-state index is 12.5. The van der Waals surface area contributed by atoms with Crippen LogP contribution in [0.3, 0.4) is 0 Å². The van der Waals surface area contributed by atoms with Crippen LogP contribution in [0.25, 0.3) is 0 Å². The van der Waals surface area contributed by atoms with Crippen LogP contribution in [-0.4, -0.2) is 50.8 Å². The maximum absolute atomic E-state index is 12.5. The molecular formula is C20H28INO5. The van der Waals surface area contributed by atoms with E-state index in [0.717, 1.165) is 15.6 Å². The number of allylic oxidation sites excluding steroid dienone is 1. The maximum Gasteiger partial charge on any atom is 0.286 e. The number of amides is 1. The zero-order chi connectivity index (χ0) is 19.6. The molecule has 7 heteroatoms. The Balaban J connectivity index is 2.31. The molecule has 0 aromatic heterocycles. The second kappa shape index (κ2) is 11.6. The smallest absolute Gasteiger partial charge is 0.286 e. The Kier molecular flexibility index (Phi) is 9.53. The number of carbonyl (C=O) groups excluding carboxylic acids is 1. The number of carbonyl (C=O) groups is 1. The molecule has 1 aliphatic rings. The fraction of sp³-hybridized carbons (Fsp3) is 0.550. The van der Waals surface area contributed by atoms with Crippen LogP contribution in [0.2, 0.25) is 0 Å². The summed E-state index contributed by atoms with van der Waals surface area (Å²) in [5.41, 5.74) is 1.11. The molecule has 6 nitrogen and oxygen atoms in total. The monoisotopic (exact) mass is 489 g/mol. The second-order valence-electron chi connectivity index (χ2n) is 6.33. The minimum Gasteiger partial charge on any atom is -0.459 e. The number of methoxy groups -OCH3 is 1. The predicted molar refractivity (Wildman–Crippen MR) is 111 cm³/mol. The third kappa shape index (κ3) is 6.44. The molecule has 2 N–H and O–H groups in total. The molecule has 0 radical (unpaired) electrons. The molecule has 27 heavy (non-hydrogen) atoms. The highest BCUT2D eigenvalue weighted by Gasteiger charge is 2.37. The van der Waals surface area contributed by atoms with Gasteiger partial charge in [-0.05, 0) is 66.1 Å². The summed E-state index contributed by atoms with van der Waals surface area (Å²) in [6.45, 7) is 3.36. The van der Waals surface area contributed by atoms with Gasteiger partial charge in [-0.3, -0.25) is 4.79 Å². The van der Waals surface area contributed by atoms with Gasteiger partial charge in [0.15, 0.2) is 5.76 Å². The normalized spacial score (nSPS) is 22.1. The Bertz CT molecular complexity index is 619. The van der Waals surface area contributed by atoms with Crippen molar-refractivity contribution in [3.63, 3.8) is 0 Å². The molecule has 3 atom stereocenters. The van der Waals surface area contributed by atoms with Crippen molar-refractivity contribution in [1.29, 1.82) is 0 Å². The number of halogens is 1. The van der Waals surface area contributed by atoms with E-state index < -0.39 is 6.29 Å². The van der Waals surface area contributed by atoms with E-state index in [2.05, 4.69) is 52.2 Å². The minimum atomic E-state index is -0.529. The summed E-state index contributed by atoms with van der Waals surface area (Å²) >= 11 is 2.27. The van der Waals surface area contributed by atoms with Gasteiger partial charge in [-0.2, -0.15) is 0 Å². The van der Waals surface area contributed by atoms with Crippen molar-refractivity contribution in [1.82, 2.24) is 5.32 Å². The van der Waals surface area contributed by atoms with Crippen LogP contribution in [0.15, 0.2) is 36.1 Å². The van der Waals surface area contributed by atoms with Gasteiger partial charge in [0.2, 0.25) is 6.29 Å². The number of aliphatic hydroxyl groups is 1. The average molecular weight is 489 g/mol. The molecule has 1 amide bonds. The number of nitrogens with one attached hydrogen (secondary N) is 1. The molecule has 1 aromatic rings. The summed E-state index contributed by atoms with van der Waals surface area (Å²) in [6, 6.07) is 8.25. The van der Waals surface area contributed by atoms with Crippen molar-refractivity contribution in [2.75, 3.05) is 33.5 Å². The van der Waals surface area contributed by atoms with E-state index in [-0.39, 0.29) is 30.1 Å². The highest BCUT2D eigenvalue weighted by Crippen LogP contribution is 2.39. The summed E-state index contributed by atoms with van der Waals surface area (Å²) in [6.07, 6.45) is 2.75. The minimum absolute atomic E-state index is 0.0210. The summed E-state index contributed by atoms with van der Waals surface area (Å²) in [5.74, 6) is -0.00376. The summed E-state index contributed by atoms with van der Waals surface area (Å²) in [4.78, 5) is 12.5. The first-order chi connectivity index (χ1) is 13.1. The van der Waals surface area contributed by atoms with Crippen molar-refractivity contribution in [2.24, 2.45) is 5.92 Å². The van der Waals surface area contributed by atoms with E-state index in [0.29, 0.717) is 26.2 Å². The standard InChI is InChI=1S/C20H28INO5/c1-3-26-20-16(5-4-11-23)17(14-6-8-15(21)9-7-14)13-18(27-20)19(24)22-10-12-25-2/h6-9,13,16-17,20,23H,3-5,10-12H2,1-2H3,(H,22,24)/t16-,17-,20-/m1/s1. The molecule has 2 rings (SSSR count). The average Bonchev–Trinajstić information content (AvgIpc) is 2.67. The SMILES string of the molecule is CCO[C@@H]1OC(C(=O)NCCOC)=C[C@H](c2ccc(I)cc2)[C@H]1CCCO. The van der Waals surface area contributed by atoms with Crippen LogP contribution >= 0.6 is 22.6 Å². The van der Waals surface area contributed by atoms with E-state index in [4.69, 9.17) is 14.2 Å². The van der Waals surface area contributed by atoms with Crippen LogP contribution in [0.5, 0.6) is 0 Å². The highest BCUT2D eigenvalue weighted by molar-refractivity contribution is 14.1. The second-order valence-corrected chi connectivity index (χ2v) is 7.57. The molecule has 1 heterocycles. The van der Waals surface area contributed by atoms with Gasteiger partial charge >= 0.3 is 0 Å². The van der Waals surface area contributed by atoms with Gasteiger partial charge < -0.3 is 24.6 Å². The first-order valence-corrected chi connectivity index (χ1v) is 10.3. The van der Waals surface area contributed by atoms with E-state index in [9.17, 15) is 9.90 Å². The molecule has 0 aliphatic carbocycles. The van der Waals surface area contributed by atoms with E-state index in [1.54, 1.807) is 7.11 Å². The molecule has 0 unspecified atom stereocenters. The molecule has 150 valence electrons. The number of rotatable bonds is 10. The van der Waals surface area contributed by atoms with Crippen LogP contribution in [-0.2, 0) is 19.0 Å². The van der Waals surface area contributed by atoms with Gasteiger partial charge in [0, 0.05) is 42.3 Å². The third-order valence-electron chi connectivity index (χ3n) is 4.48. The van der Waals surface area contributed by atoms with Crippen LogP contribution in [0.1, 0.15) is 31.2 Å². The van der Waals surface area contributed by atoms with Crippen LogP contribution in [0.4, 0.5) is 0 Å². The number of hydrogen-bond acceptors (Lipinski definition) is 5. The van der Waals surface area contributed by atoms with Gasteiger partial charge in [0.1, 0.15) is 0 Å². The molecule has 1 aliphatic heterocycles. The molecule has 1 aromatic carbocycles. The Hall–Kier alpha value is -1.16. The van der Waals surface area contributed by atoms with E-state index in [1.165, 1.54) is 0 Å². The third-order valence-corrected chi connectivity index (χ3v) is 5.20. The van der Waals surface area contributed by atoms with E-state index >= 15 is 0 Å². The summed E-state index contributed by atoms with van der Waals surface area (Å²) in [7, 11) is 1.59. The van der Waals surface area contributed by atoms with Crippen molar-refractivity contribution in [2.45, 2.75) is 32.0 Å². The number of ether oxygens (including phenoxy) is 3. The highest BCUT2D eigenvalue weighted by atomic mass is 127. The molecule has 0 saturated heterocycles. The van der Waals surface area contributed by atoms with Crippen molar-refractivity contribution < 1.29 is 24.1 Å². The summed E-state index contributed by atoms with van der Waals surface area (Å²) < 4.78 is 17.9. The lowest BCUT2D eigenvalue weighted by atomic mass is 9.80. The van der Waals surface area contributed by atoms with Crippen LogP contribution in [0, 0.1) is 9.49 Å². The van der Waals surface area contributed by atoms with Crippen molar-refractivity contribution in [3.05, 3.63) is 45.2 Å². The topological polar surface area (TPSA) is 77.0 Å². The first kappa shape index (κ1) is 22.1. The first-order valence-electron chi connectivity index (χ1n) is 9.24. The Labute approximate surface area is 174 Å². The van der Waals surface area contributed by atoms with Crippen LogP contribution < -0.4 is 5.32 Å². The van der Waals surface area contributed by atoms with Gasteiger partial charge in [-0.25, -0.2) is 0 Å². The molecule has 0 saturated carbocycles. The zero-order valence-electron chi connectivity index (χ0n) is 15.8. The van der Waals surface area contributed by atoms with Gasteiger partial charge in [-0.1, -0.05) is 12.1 Å². The molecule has 0 spiro atoms. The Morgan fingerprint density at radius 2 is 2.07 bits per heavy atom. The lowest BCUT2D eigenvalue weighted by Crippen LogP contribution is -2.39. The fourth-order valence-corrected chi connectivity index (χ4v) is 3.54. The molecular weight excluding hydrogens is 461 g/mol.